The van der Waals surface area contributed by atoms with Crippen LogP contribution in [0.1, 0.15) is 34.5 Å². The van der Waals surface area contributed by atoms with E-state index in [1.807, 2.05) is 49.5 Å². The number of carbonyl (C=O) groups is 1. The molecule has 4 rings (SSSR count). The molecule has 0 unspecified atom stereocenters. The van der Waals surface area contributed by atoms with Gasteiger partial charge >= 0.3 is 5.97 Å². The zero-order valence-corrected chi connectivity index (χ0v) is 17.7. The average molecular weight is 413 g/mol. The van der Waals surface area contributed by atoms with Crippen molar-refractivity contribution >= 4 is 22.7 Å². The average Bonchev–Trinajstić information content (AvgIpc) is 2.82. The SMILES string of the molecule is COC(=O)c1ccnc2c([C@H](C)CNc3cc(-c4ccc(C)nc4)ncn3)cccc12. The first kappa shape index (κ1) is 20.4. The maximum atomic E-state index is 12.1. The maximum Gasteiger partial charge on any atom is 0.338 e. The number of carbonyl (C=O) groups excluding carboxylic acids is 1. The third-order valence-corrected chi connectivity index (χ3v) is 5.20. The number of methoxy groups -OCH3 is 1. The van der Waals surface area contributed by atoms with Gasteiger partial charge in [0.05, 0.1) is 23.9 Å². The fourth-order valence-electron chi connectivity index (χ4n) is 3.48. The van der Waals surface area contributed by atoms with E-state index in [0.29, 0.717) is 12.1 Å². The number of esters is 1. The van der Waals surface area contributed by atoms with Crippen molar-refractivity contribution in [1.82, 2.24) is 19.9 Å². The molecule has 1 atom stereocenters. The lowest BCUT2D eigenvalue weighted by molar-refractivity contribution is 0.0603. The molecule has 0 bridgehead atoms. The lowest BCUT2D eigenvalue weighted by Crippen LogP contribution is -2.12. The van der Waals surface area contributed by atoms with E-state index < -0.39 is 0 Å². The molecular formula is C24H23N5O2. The van der Waals surface area contributed by atoms with Gasteiger partial charge in [0, 0.05) is 47.6 Å². The molecule has 4 aromatic rings. The van der Waals surface area contributed by atoms with Crippen LogP contribution < -0.4 is 5.32 Å². The molecule has 3 aromatic heterocycles. The Morgan fingerprint density at radius 3 is 2.74 bits per heavy atom. The summed E-state index contributed by atoms with van der Waals surface area (Å²) in [7, 11) is 1.38. The van der Waals surface area contributed by atoms with Gasteiger partial charge in [-0.2, -0.15) is 0 Å². The van der Waals surface area contributed by atoms with Crippen LogP contribution in [-0.4, -0.2) is 39.6 Å². The first-order chi connectivity index (χ1) is 15.1. The predicted molar refractivity (Wildman–Crippen MR) is 120 cm³/mol. The number of nitrogens with one attached hydrogen (secondary N) is 1. The summed E-state index contributed by atoms with van der Waals surface area (Å²) in [6, 6.07) is 13.4. The largest absolute Gasteiger partial charge is 0.465 e. The number of fused-ring (bicyclic) bond motifs is 1. The van der Waals surface area contributed by atoms with E-state index in [0.717, 1.165) is 39.2 Å². The van der Waals surface area contributed by atoms with Crippen LogP contribution in [-0.2, 0) is 4.74 Å². The fourth-order valence-corrected chi connectivity index (χ4v) is 3.48. The van der Waals surface area contributed by atoms with Crippen LogP contribution in [0.4, 0.5) is 5.82 Å². The topological polar surface area (TPSA) is 89.9 Å². The molecule has 7 heteroatoms. The van der Waals surface area contributed by atoms with E-state index in [2.05, 4.69) is 32.2 Å². The van der Waals surface area contributed by atoms with E-state index in [1.165, 1.54) is 7.11 Å². The van der Waals surface area contributed by atoms with Crippen molar-refractivity contribution in [1.29, 1.82) is 0 Å². The van der Waals surface area contributed by atoms with Gasteiger partial charge in [0.2, 0.25) is 0 Å². The number of rotatable bonds is 6. The van der Waals surface area contributed by atoms with Crippen LogP contribution in [0.25, 0.3) is 22.2 Å². The minimum atomic E-state index is -0.366. The number of ether oxygens (including phenoxy) is 1. The van der Waals surface area contributed by atoms with Crippen LogP contribution in [0, 0.1) is 6.92 Å². The monoisotopic (exact) mass is 413 g/mol. The molecule has 0 aliphatic carbocycles. The number of hydrogen-bond acceptors (Lipinski definition) is 7. The molecular weight excluding hydrogens is 390 g/mol. The van der Waals surface area contributed by atoms with Crippen LogP contribution in [0.15, 0.2) is 61.2 Å². The highest BCUT2D eigenvalue weighted by Crippen LogP contribution is 2.27. The number of para-hydroxylation sites is 1. The summed E-state index contributed by atoms with van der Waals surface area (Å²) in [4.78, 5) is 29.7. The second kappa shape index (κ2) is 8.87. The molecule has 0 aliphatic heterocycles. The number of aryl methyl sites for hydroxylation is 1. The molecule has 3 heterocycles. The first-order valence-electron chi connectivity index (χ1n) is 10.0. The van der Waals surface area contributed by atoms with Crippen LogP contribution in [0.2, 0.25) is 0 Å². The van der Waals surface area contributed by atoms with Crippen molar-refractivity contribution in [3.05, 3.63) is 78.0 Å². The molecule has 0 spiro atoms. The molecule has 0 fully saturated rings. The van der Waals surface area contributed by atoms with Crippen LogP contribution in [0.5, 0.6) is 0 Å². The van der Waals surface area contributed by atoms with Crippen molar-refractivity contribution in [3.8, 4) is 11.3 Å². The summed E-state index contributed by atoms with van der Waals surface area (Å²) in [5, 5.41) is 4.17. The Morgan fingerprint density at radius 1 is 1.10 bits per heavy atom. The molecule has 1 aromatic carbocycles. The summed E-state index contributed by atoms with van der Waals surface area (Å²) >= 11 is 0. The number of anilines is 1. The highest BCUT2D eigenvalue weighted by Gasteiger charge is 2.16. The Bertz CT molecular complexity index is 1220. The number of nitrogens with zero attached hydrogens (tertiary/aromatic N) is 4. The van der Waals surface area contributed by atoms with Crippen LogP contribution >= 0.6 is 0 Å². The van der Waals surface area contributed by atoms with Gasteiger partial charge in [-0.3, -0.25) is 9.97 Å². The van der Waals surface area contributed by atoms with Gasteiger partial charge in [-0.1, -0.05) is 25.1 Å². The fraction of sp³-hybridized carbons (Fsp3) is 0.208. The Balaban J connectivity index is 1.55. The second-order valence-corrected chi connectivity index (χ2v) is 7.35. The molecule has 0 aliphatic rings. The molecule has 31 heavy (non-hydrogen) atoms. The van der Waals surface area contributed by atoms with Gasteiger partial charge in [0.1, 0.15) is 12.1 Å². The minimum absolute atomic E-state index is 0.128. The normalized spacial score (nSPS) is 11.8. The third kappa shape index (κ3) is 4.35. The van der Waals surface area contributed by atoms with Crippen molar-refractivity contribution in [2.75, 3.05) is 19.0 Å². The van der Waals surface area contributed by atoms with E-state index >= 15 is 0 Å². The molecule has 7 nitrogen and oxygen atoms in total. The number of benzene rings is 1. The molecule has 0 saturated carbocycles. The highest BCUT2D eigenvalue weighted by molar-refractivity contribution is 6.04. The Labute approximate surface area is 180 Å². The smallest absolute Gasteiger partial charge is 0.338 e. The van der Waals surface area contributed by atoms with Gasteiger partial charge in [-0.05, 0) is 30.7 Å². The van der Waals surface area contributed by atoms with Gasteiger partial charge in [-0.15, -0.1) is 0 Å². The van der Waals surface area contributed by atoms with Gasteiger partial charge in [-0.25, -0.2) is 14.8 Å². The molecule has 0 radical (unpaired) electrons. The van der Waals surface area contributed by atoms with E-state index in [9.17, 15) is 4.79 Å². The van der Waals surface area contributed by atoms with Gasteiger partial charge < -0.3 is 10.1 Å². The maximum absolute atomic E-state index is 12.1. The lowest BCUT2D eigenvalue weighted by Gasteiger charge is -2.16. The Hall–Kier alpha value is -3.87. The summed E-state index contributed by atoms with van der Waals surface area (Å²) in [6.07, 6.45) is 5.00. The molecule has 156 valence electrons. The van der Waals surface area contributed by atoms with Crippen molar-refractivity contribution in [3.63, 3.8) is 0 Å². The highest BCUT2D eigenvalue weighted by atomic mass is 16.5. The van der Waals surface area contributed by atoms with Crippen molar-refractivity contribution in [2.45, 2.75) is 19.8 Å². The van der Waals surface area contributed by atoms with E-state index in [1.54, 1.807) is 18.6 Å². The lowest BCUT2D eigenvalue weighted by atomic mass is 9.96. The Morgan fingerprint density at radius 2 is 1.97 bits per heavy atom. The van der Waals surface area contributed by atoms with E-state index in [-0.39, 0.29) is 11.9 Å². The molecule has 0 amide bonds. The zero-order valence-electron chi connectivity index (χ0n) is 17.7. The number of aromatic nitrogens is 4. The Kier molecular flexibility index (Phi) is 5.84. The number of pyridine rings is 2. The van der Waals surface area contributed by atoms with Gasteiger partial charge in [0.25, 0.3) is 0 Å². The summed E-state index contributed by atoms with van der Waals surface area (Å²) in [5.74, 6) is 0.499. The first-order valence-corrected chi connectivity index (χ1v) is 10.0. The third-order valence-electron chi connectivity index (χ3n) is 5.20. The second-order valence-electron chi connectivity index (χ2n) is 7.35. The molecule has 0 saturated heterocycles. The van der Waals surface area contributed by atoms with Crippen molar-refractivity contribution in [2.24, 2.45) is 0 Å². The van der Waals surface area contributed by atoms with Crippen LogP contribution in [0.3, 0.4) is 0 Å². The number of hydrogen-bond donors (Lipinski definition) is 1. The van der Waals surface area contributed by atoms with Gasteiger partial charge in [0.15, 0.2) is 0 Å². The standard InChI is InChI=1S/C24H23N5O2/c1-15(18-5-4-6-19-20(24(30)31-3)9-10-25-23(18)19)12-27-22-11-21(28-14-29-22)17-8-7-16(2)26-13-17/h4-11,13-15H,12H2,1-3H3,(H,27,28,29)/t15-/m1/s1. The minimum Gasteiger partial charge on any atom is -0.465 e. The summed E-state index contributed by atoms with van der Waals surface area (Å²) in [6.45, 7) is 4.71. The van der Waals surface area contributed by atoms with E-state index in [4.69, 9.17) is 4.74 Å². The summed E-state index contributed by atoms with van der Waals surface area (Å²) in [5.41, 5.74) is 5.08. The quantitative estimate of drug-likeness (QED) is 0.469. The van der Waals surface area contributed by atoms with Crippen molar-refractivity contribution < 1.29 is 9.53 Å². The predicted octanol–water partition coefficient (Wildman–Crippen LogP) is 4.40. The zero-order chi connectivity index (χ0) is 21.8. The molecule has 1 N–H and O–H groups in total. The summed E-state index contributed by atoms with van der Waals surface area (Å²) < 4.78 is 4.91.